The first kappa shape index (κ1) is 13.8. The number of aliphatic carboxylic acids is 1. The van der Waals surface area contributed by atoms with Crippen molar-refractivity contribution in [3.63, 3.8) is 0 Å². The van der Waals surface area contributed by atoms with Crippen LogP contribution < -0.4 is 0 Å². The van der Waals surface area contributed by atoms with Gasteiger partial charge >= 0.3 is 5.97 Å². The number of carbonyl (C=O) groups excluding carboxylic acids is 1. The molecule has 0 aromatic heterocycles. The van der Waals surface area contributed by atoms with E-state index in [2.05, 4.69) is 5.16 Å². The van der Waals surface area contributed by atoms with E-state index in [1.807, 2.05) is 11.8 Å². The van der Waals surface area contributed by atoms with Gasteiger partial charge in [0.15, 0.2) is 5.71 Å². The molecule has 0 aromatic rings. The minimum atomic E-state index is -1.11. The summed E-state index contributed by atoms with van der Waals surface area (Å²) >= 11 is 0. The van der Waals surface area contributed by atoms with Crippen LogP contribution in [0.4, 0.5) is 0 Å². The molecule has 1 aliphatic heterocycles. The van der Waals surface area contributed by atoms with E-state index in [0.717, 1.165) is 25.7 Å². The van der Waals surface area contributed by atoms with Crippen LogP contribution in [0.15, 0.2) is 5.16 Å². The Hall–Kier alpha value is -1.59. The summed E-state index contributed by atoms with van der Waals surface area (Å²) in [6.45, 7) is 2.58. The van der Waals surface area contributed by atoms with Gasteiger partial charge in [0.1, 0.15) is 0 Å². The van der Waals surface area contributed by atoms with Gasteiger partial charge in [-0.15, -0.1) is 0 Å². The molecule has 1 saturated carbocycles. The van der Waals surface area contributed by atoms with Gasteiger partial charge in [-0.1, -0.05) is 24.4 Å². The maximum Gasteiger partial charge on any atom is 0.353 e. The molecule has 1 heterocycles. The Kier molecular flexibility index (Phi) is 4.39. The third-order valence-corrected chi connectivity index (χ3v) is 3.83. The van der Waals surface area contributed by atoms with Gasteiger partial charge in [-0.25, -0.2) is 4.79 Å². The van der Waals surface area contributed by atoms with Crippen molar-refractivity contribution in [1.29, 1.82) is 0 Å². The number of likely N-dealkylation sites (N-methyl/N-ethyl adjacent to an activating group) is 1. The second kappa shape index (κ2) is 6.04. The number of carboxylic acid groups (broad SMARTS) is 1. The van der Waals surface area contributed by atoms with Gasteiger partial charge in [-0.3, -0.25) is 4.79 Å². The molecule has 106 valence electrons. The first-order valence-corrected chi connectivity index (χ1v) is 6.90. The van der Waals surface area contributed by atoms with Crippen molar-refractivity contribution in [2.24, 2.45) is 5.16 Å². The number of hydrogen-bond donors (Lipinski definition) is 1. The number of oxime groups is 1. The van der Waals surface area contributed by atoms with Crippen molar-refractivity contribution >= 4 is 17.6 Å². The quantitative estimate of drug-likeness (QED) is 0.835. The lowest BCUT2D eigenvalue weighted by molar-refractivity contribution is -0.145. The molecule has 2 aliphatic rings. The fraction of sp³-hybridized carbons (Fsp3) is 0.769. The van der Waals surface area contributed by atoms with E-state index >= 15 is 0 Å². The van der Waals surface area contributed by atoms with Crippen LogP contribution in [-0.2, 0) is 14.4 Å². The summed E-state index contributed by atoms with van der Waals surface area (Å²) in [5.74, 6) is -1.24. The van der Waals surface area contributed by atoms with Gasteiger partial charge in [0.2, 0.25) is 6.10 Å². The van der Waals surface area contributed by atoms with Crippen LogP contribution in [0.5, 0.6) is 0 Å². The Morgan fingerprint density at radius 2 is 2.05 bits per heavy atom. The van der Waals surface area contributed by atoms with Crippen LogP contribution in [-0.4, -0.2) is 46.3 Å². The van der Waals surface area contributed by atoms with Crippen LogP contribution in [0.1, 0.15) is 45.4 Å². The molecule has 6 heteroatoms. The Morgan fingerprint density at radius 3 is 2.58 bits per heavy atom. The second-order valence-electron chi connectivity index (χ2n) is 5.06. The van der Waals surface area contributed by atoms with Gasteiger partial charge in [0, 0.05) is 19.0 Å². The third-order valence-electron chi connectivity index (χ3n) is 3.83. The minimum Gasteiger partial charge on any atom is -0.477 e. The lowest BCUT2D eigenvalue weighted by Crippen LogP contribution is -2.46. The Bertz CT molecular complexity index is 388. The standard InChI is InChI=1S/C13H20N2O4/c1-2-15(9-6-4-3-5-7-9)12(16)11-8-10(13(17)18)14-19-11/h9,11H,2-8H2,1H3,(H,17,18). The summed E-state index contributed by atoms with van der Waals surface area (Å²) in [5.41, 5.74) is -0.0713. The van der Waals surface area contributed by atoms with E-state index < -0.39 is 12.1 Å². The molecule has 6 nitrogen and oxygen atoms in total. The van der Waals surface area contributed by atoms with E-state index in [1.165, 1.54) is 6.42 Å². The molecule has 0 spiro atoms. The highest BCUT2D eigenvalue weighted by Crippen LogP contribution is 2.24. The smallest absolute Gasteiger partial charge is 0.353 e. The molecule has 0 saturated heterocycles. The van der Waals surface area contributed by atoms with Crippen LogP contribution >= 0.6 is 0 Å². The second-order valence-corrected chi connectivity index (χ2v) is 5.06. The number of carbonyl (C=O) groups is 2. The van der Waals surface area contributed by atoms with Crippen molar-refractivity contribution in [3.8, 4) is 0 Å². The SMILES string of the molecule is CCN(C(=O)C1CC(C(=O)O)=NO1)C1CCCCC1. The molecule has 19 heavy (non-hydrogen) atoms. The molecule has 1 atom stereocenters. The van der Waals surface area contributed by atoms with E-state index in [-0.39, 0.29) is 24.1 Å². The summed E-state index contributed by atoms with van der Waals surface area (Å²) in [6.07, 6.45) is 4.89. The average molecular weight is 268 g/mol. The van der Waals surface area contributed by atoms with Crippen molar-refractivity contribution in [1.82, 2.24) is 4.90 Å². The van der Waals surface area contributed by atoms with E-state index in [0.29, 0.717) is 6.54 Å². The van der Waals surface area contributed by atoms with Crippen molar-refractivity contribution in [2.75, 3.05) is 6.54 Å². The highest BCUT2D eigenvalue weighted by molar-refractivity contribution is 6.36. The monoisotopic (exact) mass is 268 g/mol. The predicted molar refractivity (Wildman–Crippen MR) is 68.8 cm³/mol. The molecule has 1 fully saturated rings. The van der Waals surface area contributed by atoms with Crippen molar-refractivity contribution < 1.29 is 19.5 Å². The van der Waals surface area contributed by atoms with E-state index in [4.69, 9.17) is 9.94 Å². The fourth-order valence-electron chi connectivity index (χ4n) is 2.81. The Balaban J connectivity index is 1.96. The number of rotatable bonds is 4. The average Bonchev–Trinajstić information content (AvgIpc) is 2.90. The van der Waals surface area contributed by atoms with Crippen molar-refractivity contribution in [3.05, 3.63) is 0 Å². The van der Waals surface area contributed by atoms with Crippen LogP contribution in [0, 0.1) is 0 Å². The first-order chi connectivity index (χ1) is 9.13. The zero-order valence-corrected chi connectivity index (χ0v) is 11.2. The topological polar surface area (TPSA) is 79.2 Å². The molecule has 1 aliphatic carbocycles. The lowest BCUT2D eigenvalue weighted by atomic mass is 9.93. The largest absolute Gasteiger partial charge is 0.477 e. The molecule has 1 amide bonds. The molecule has 2 rings (SSSR count). The summed E-state index contributed by atoms with van der Waals surface area (Å²) in [4.78, 5) is 30.0. The van der Waals surface area contributed by atoms with Crippen LogP contribution in [0.3, 0.4) is 0 Å². The molecule has 0 bridgehead atoms. The normalized spacial score (nSPS) is 23.6. The zero-order valence-electron chi connectivity index (χ0n) is 11.2. The fourth-order valence-corrected chi connectivity index (χ4v) is 2.81. The summed E-state index contributed by atoms with van der Waals surface area (Å²) < 4.78 is 0. The predicted octanol–water partition coefficient (Wildman–Crippen LogP) is 1.40. The highest BCUT2D eigenvalue weighted by Gasteiger charge is 2.36. The lowest BCUT2D eigenvalue weighted by Gasteiger charge is -2.34. The zero-order chi connectivity index (χ0) is 13.8. The van der Waals surface area contributed by atoms with E-state index in [9.17, 15) is 9.59 Å². The maximum atomic E-state index is 12.4. The number of amides is 1. The first-order valence-electron chi connectivity index (χ1n) is 6.90. The number of nitrogens with zero attached hydrogens (tertiary/aromatic N) is 2. The number of hydrogen-bond acceptors (Lipinski definition) is 4. The summed E-state index contributed by atoms with van der Waals surface area (Å²) in [5, 5.41) is 12.3. The van der Waals surface area contributed by atoms with E-state index in [1.54, 1.807) is 0 Å². The van der Waals surface area contributed by atoms with Gasteiger partial charge in [-0.05, 0) is 19.8 Å². The van der Waals surface area contributed by atoms with Gasteiger partial charge in [0.25, 0.3) is 5.91 Å². The minimum absolute atomic E-state index is 0.0669. The molecule has 1 unspecified atom stereocenters. The molecular weight excluding hydrogens is 248 g/mol. The van der Waals surface area contributed by atoms with Gasteiger partial charge in [-0.2, -0.15) is 0 Å². The molecule has 1 N–H and O–H groups in total. The molecule has 0 aromatic carbocycles. The summed E-state index contributed by atoms with van der Waals surface area (Å²) in [7, 11) is 0. The van der Waals surface area contributed by atoms with Gasteiger partial charge in [0.05, 0.1) is 0 Å². The third kappa shape index (κ3) is 3.05. The Morgan fingerprint density at radius 1 is 1.37 bits per heavy atom. The van der Waals surface area contributed by atoms with Crippen LogP contribution in [0.2, 0.25) is 0 Å². The van der Waals surface area contributed by atoms with Crippen molar-refractivity contribution in [2.45, 2.75) is 57.6 Å². The molecule has 0 radical (unpaired) electrons. The van der Waals surface area contributed by atoms with Gasteiger partial charge < -0.3 is 14.8 Å². The molecular formula is C13H20N2O4. The van der Waals surface area contributed by atoms with Crippen LogP contribution in [0.25, 0.3) is 0 Å². The highest BCUT2D eigenvalue weighted by atomic mass is 16.6. The maximum absolute atomic E-state index is 12.4. The Labute approximate surface area is 112 Å². The number of carboxylic acids is 1. The summed E-state index contributed by atoms with van der Waals surface area (Å²) in [6, 6.07) is 0.267.